The van der Waals surface area contributed by atoms with Crippen molar-refractivity contribution in [2.75, 3.05) is 7.11 Å². The molecule has 3 N–H and O–H groups in total. The lowest BCUT2D eigenvalue weighted by atomic mass is 10.1. The second-order valence-electron chi connectivity index (χ2n) is 3.00. The highest BCUT2D eigenvalue weighted by molar-refractivity contribution is 5.80. The van der Waals surface area contributed by atoms with Gasteiger partial charge in [-0.3, -0.25) is 10.2 Å². The van der Waals surface area contributed by atoms with Crippen LogP contribution in [-0.2, 0) is 11.2 Å². The summed E-state index contributed by atoms with van der Waals surface area (Å²) in [4.78, 5) is 21.3. The highest BCUT2D eigenvalue weighted by Crippen LogP contribution is 2.11. The molecule has 1 aromatic rings. The first-order valence-electron chi connectivity index (χ1n) is 4.52. The van der Waals surface area contributed by atoms with Crippen LogP contribution >= 0.6 is 0 Å². The first kappa shape index (κ1) is 11.8. The van der Waals surface area contributed by atoms with Gasteiger partial charge < -0.3 is 9.84 Å². The molecule has 1 aromatic carbocycles. The Labute approximate surface area is 92.2 Å². The summed E-state index contributed by atoms with van der Waals surface area (Å²) in [6.07, 6.45) is -1.20. The smallest absolute Gasteiger partial charge is 0.423 e. The highest BCUT2D eigenvalue weighted by Gasteiger charge is 2.04. The molecule has 0 fully saturated rings. The molecule has 0 saturated heterocycles. The maximum absolute atomic E-state index is 11.2. The first-order valence-corrected chi connectivity index (χ1v) is 4.52. The average Bonchev–Trinajstić information content (AvgIpc) is 2.27. The zero-order chi connectivity index (χ0) is 12.0. The number of nitrogens with one attached hydrogen (secondary N) is 2. The molecule has 86 valence electrons. The number of hydrogen-bond acceptors (Lipinski definition) is 3. The summed E-state index contributed by atoms with van der Waals surface area (Å²) in [5, 5.41) is 8.25. The van der Waals surface area contributed by atoms with Crippen molar-refractivity contribution < 1.29 is 19.4 Å². The predicted molar refractivity (Wildman–Crippen MR) is 56.0 cm³/mol. The molecule has 1 rings (SSSR count). The number of carbonyl (C=O) groups excluding carboxylic acids is 1. The van der Waals surface area contributed by atoms with E-state index >= 15 is 0 Å². The quantitative estimate of drug-likeness (QED) is 0.654. The molecule has 0 atom stereocenters. The molecule has 0 unspecified atom stereocenters. The van der Waals surface area contributed by atoms with Gasteiger partial charge in [0.1, 0.15) is 5.75 Å². The SMILES string of the molecule is COc1ccc(CC(=O)NNC(=O)O)cc1. The Morgan fingerprint density at radius 2 is 1.88 bits per heavy atom. The minimum atomic E-state index is -1.30. The van der Waals surface area contributed by atoms with Crippen molar-refractivity contribution in [2.45, 2.75) is 6.42 Å². The van der Waals surface area contributed by atoms with Gasteiger partial charge in [0.05, 0.1) is 13.5 Å². The first-order chi connectivity index (χ1) is 7.61. The van der Waals surface area contributed by atoms with Gasteiger partial charge in [-0.1, -0.05) is 12.1 Å². The van der Waals surface area contributed by atoms with E-state index in [4.69, 9.17) is 9.84 Å². The van der Waals surface area contributed by atoms with Gasteiger partial charge in [0, 0.05) is 0 Å². The minimum Gasteiger partial charge on any atom is -0.497 e. The van der Waals surface area contributed by atoms with Crippen LogP contribution in [0.4, 0.5) is 4.79 Å². The molecule has 16 heavy (non-hydrogen) atoms. The summed E-state index contributed by atoms with van der Waals surface area (Å²) >= 11 is 0. The second kappa shape index (κ2) is 5.59. The molecular weight excluding hydrogens is 212 g/mol. The number of ether oxygens (including phenoxy) is 1. The van der Waals surface area contributed by atoms with Gasteiger partial charge in [0.2, 0.25) is 5.91 Å². The lowest BCUT2D eigenvalue weighted by molar-refractivity contribution is -0.121. The fraction of sp³-hybridized carbons (Fsp3) is 0.200. The molecule has 0 bridgehead atoms. The Morgan fingerprint density at radius 1 is 1.25 bits per heavy atom. The van der Waals surface area contributed by atoms with E-state index in [1.54, 1.807) is 36.8 Å². The molecule has 0 aliphatic heterocycles. The van der Waals surface area contributed by atoms with Gasteiger partial charge >= 0.3 is 6.09 Å². The number of rotatable bonds is 3. The van der Waals surface area contributed by atoms with Gasteiger partial charge in [-0.2, -0.15) is 0 Å². The van der Waals surface area contributed by atoms with Crippen LogP contribution in [0.2, 0.25) is 0 Å². The lowest BCUT2D eigenvalue weighted by Gasteiger charge is -2.05. The normalized spacial score (nSPS) is 9.31. The molecule has 0 aromatic heterocycles. The van der Waals surface area contributed by atoms with Crippen molar-refractivity contribution in [3.05, 3.63) is 29.8 Å². The van der Waals surface area contributed by atoms with Crippen LogP contribution in [0.5, 0.6) is 5.75 Å². The maximum Gasteiger partial charge on any atom is 0.423 e. The Morgan fingerprint density at radius 3 is 2.38 bits per heavy atom. The zero-order valence-electron chi connectivity index (χ0n) is 8.69. The molecule has 6 nitrogen and oxygen atoms in total. The summed E-state index contributed by atoms with van der Waals surface area (Å²) in [5.41, 5.74) is 4.59. The Kier molecular flexibility index (Phi) is 4.14. The fourth-order valence-corrected chi connectivity index (χ4v) is 1.10. The molecular formula is C10H12N2O4. The van der Waals surface area contributed by atoms with E-state index in [1.807, 2.05) is 5.43 Å². The topological polar surface area (TPSA) is 87.7 Å². The Bertz CT molecular complexity index is 375. The van der Waals surface area contributed by atoms with Crippen molar-refractivity contribution >= 4 is 12.0 Å². The van der Waals surface area contributed by atoms with Crippen molar-refractivity contribution in [1.29, 1.82) is 0 Å². The molecule has 0 aliphatic rings. The summed E-state index contributed by atoms with van der Waals surface area (Å²) in [5.74, 6) is 0.278. The molecule has 0 saturated carbocycles. The van der Waals surface area contributed by atoms with Crippen LogP contribution in [-0.4, -0.2) is 24.2 Å². The fourth-order valence-electron chi connectivity index (χ4n) is 1.10. The molecule has 0 aliphatic carbocycles. The summed E-state index contributed by atoms with van der Waals surface area (Å²) in [6, 6.07) is 6.93. The van der Waals surface area contributed by atoms with Crippen molar-refractivity contribution in [1.82, 2.24) is 10.9 Å². The third-order valence-corrected chi connectivity index (χ3v) is 1.83. The predicted octanol–water partition coefficient (Wildman–Crippen LogP) is 0.536. The minimum absolute atomic E-state index is 0.101. The van der Waals surface area contributed by atoms with E-state index in [-0.39, 0.29) is 6.42 Å². The van der Waals surface area contributed by atoms with Crippen LogP contribution in [0.15, 0.2) is 24.3 Å². The summed E-state index contributed by atoms with van der Waals surface area (Å²) < 4.78 is 4.96. The van der Waals surface area contributed by atoms with Crippen LogP contribution in [0.25, 0.3) is 0 Å². The number of amides is 2. The number of carboxylic acid groups (broad SMARTS) is 1. The van der Waals surface area contributed by atoms with Crippen LogP contribution in [0.1, 0.15) is 5.56 Å². The Hall–Kier alpha value is -2.24. The van der Waals surface area contributed by atoms with Crippen LogP contribution < -0.4 is 15.6 Å². The van der Waals surface area contributed by atoms with Crippen LogP contribution in [0.3, 0.4) is 0 Å². The molecule has 0 heterocycles. The van der Waals surface area contributed by atoms with Gasteiger partial charge in [-0.25, -0.2) is 10.2 Å². The largest absolute Gasteiger partial charge is 0.497 e. The van der Waals surface area contributed by atoms with E-state index in [2.05, 4.69) is 0 Å². The molecule has 2 amide bonds. The number of methoxy groups -OCH3 is 1. The van der Waals surface area contributed by atoms with Gasteiger partial charge in [0.15, 0.2) is 0 Å². The monoisotopic (exact) mass is 224 g/mol. The third-order valence-electron chi connectivity index (χ3n) is 1.83. The number of benzene rings is 1. The number of hydrogen-bond donors (Lipinski definition) is 3. The molecule has 6 heteroatoms. The number of carbonyl (C=O) groups is 2. The van der Waals surface area contributed by atoms with Crippen molar-refractivity contribution in [2.24, 2.45) is 0 Å². The highest BCUT2D eigenvalue weighted by atomic mass is 16.5. The van der Waals surface area contributed by atoms with E-state index in [9.17, 15) is 9.59 Å². The van der Waals surface area contributed by atoms with Crippen molar-refractivity contribution in [3.63, 3.8) is 0 Å². The standard InChI is InChI=1S/C10H12N2O4/c1-16-8-4-2-7(3-5-8)6-9(13)11-12-10(14)15/h2-5,12H,6H2,1H3,(H,11,13)(H,14,15). The van der Waals surface area contributed by atoms with E-state index in [0.29, 0.717) is 5.75 Å². The van der Waals surface area contributed by atoms with E-state index in [1.165, 1.54) is 0 Å². The summed E-state index contributed by atoms with van der Waals surface area (Å²) in [7, 11) is 1.55. The second-order valence-corrected chi connectivity index (χ2v) is 3.00. The van der Waals surface area contributed by atoms with Gasteiger partial charge in [-0.05, 0) is 17.7 Å². The van der Waals surface area contributed by atoms with Crippen LogP contribution in [0, 0.1) is 0 Å². The Balaban J connectivity index is 2.46. The molecule has 0 spiro atoms. The van der Waals surface area contributed by atoms with Gasteiger partial charge in [-0.15, -0.1) is 0 Å². The average molecular weight is 224 g/mol. The molecule has 0 radical (unpaired) electrons. The lowest BCUT2D eigenvalue weighted by Crippen LogP contribution is -2.41. The summed E-state index contributed by atoms with van der Waals surface area (Å²) in [6.45, 7) is 0. The maximum atomic E-state index is 11.2. The van der Waals surface area contributed by atoms with Crippen molar-refractivity contribution in [3.8, 4) is 5.75 Å². The number of hydrazine groups is 1. The zero-order valence-corrected chi connectivity index (χ0v) is 8.69. The van der Waals surface area contributed by atoms with E-state index < -0.39 is 12.0 Å². The third kappa shape index (κ3) is 3.87. The van der Waals surface area contributed by atoms with Gasteiger partial charge in [0.25, 0.3) is 0 Å². The van der Waals surface area contributed by atoms with E-state index in [0.717, 1.165) is 5.56 Å².